The summed E-state index contributed by atoms with van der Waals surface area (Å²) >= 11 is 0. The summed E-state index contributed by atoms with van der Waals surface area (Å²) in [5.74, 6) is -1.63. The first kappa shape index (κ1) is 26.1. The van der Waals surface area contributed by atoms with Crippen LogP contribution in [0.2, 0.25) is 0 Å². The molecule has 0 unspecified atom stereocenters. The third kappa shape index (κ3) is 5.56. The Morgan fingerprint density at radius 3 is 2.63 bits per heavy atom. The maximum absolute atomic E-state index is 14.9. The van der Waals surface area contributed by atoms with Gasteiger partial charge < -0.3 is 16.4 Å². The molecule has 2 aromatic carbocycles. The van der Waals surface area contributed by atoms with Gasteiger partial charge in [0.1, 0.15) is 11.6 Å². The Balaban J connectivity index is 1.60. The van der Waals surface area contributed by atoms with Crippen molar-refractivity contribution in [1.82, 2.24) is 19.9 Å². The van der Waals surface area contributed by atoms with E-state index in [4.69, 9.17) is 5.73 Å². The van der Waals surface area contributed by atoms with Crippen LogP contribution in [-0.4, -0.2) is 39.7 Å². The first-order valence-corrected chi connectivity index (χ1v) is 11.6. The van der Waals surface area contributed by atoms with E-state index in [2.05, 4.69) is 25.7 Å². The summed E-state index contributed by atoms with van der Waals surface area (Å²) in [6, 6.07) is 10.5. The third-order valence-electron chi connectivity index (χ3n) is 5.78. The van der Waals surface area contributed by atoms with Crippen LogP contribution in [-0.2, 0) is 11.3 Å². The van der Waals surface area contributed by atoms with Crippen LogP contribution in [0.3, 0.4) is 0 Å². The predicted octanol–water partition coefficient (Wildman–Crippen LogP) is 3.87. The summed E-state index contributed by atoms with van der Waals surface area (Å²) in [4.78, 5) is 32.5. The molecular formula is C27H25F2N7O2. The summed E-state index contributed by atoms with van der Waals surface area (Å²) in [5, 5.41) is 9.67. The number of imidazole rings is 1. The van der Waals surface area contributed by atoms with Crippen LogP contribution in [0.15, 0.2) is 59.9 Å². The van der Waals surface area contributed by atoms with Crippen LogP contribution in [0.5, 0.6) is 0 Å². The maximum Gasteiger partial charge on any atom is 0.251 e. The van der Waals surface area contributed by atoms with Gasteiger partial charge in [0.2, 0.25) is 5.91 Å². The van der Waals surface area contributed by atoms with Crippen molar-refractivity contribution in [3.63, 3.8) is 0 Å². The van der Waals surface area contributed by atoms with E-state index >= 15 is 0 Å². The topological polar surface area (TPSA) is 127 Å². The molecule has 0 saturated carbocycles. The van der Waals surface area contributed by atoms with Crippen molar-refractivity contribution in [3.8, 4) is 11.3 Å². The average Bonchev–Trinajstić information content (AvgIpc) is 3.29. The molecule has 0 fully saturated rings. The van der Waals surface area contributed by atoms with E-state index in [9.17, 15) is 18.4 Å². The number of aliphatic imine (C=N–C) groups is 1. The number of halogens is 2. The van der Waals surface area contributed by atoms with Crippen LogP contribution in [0, 0.1) is 18.6 Å². The molecule has 0 atom stereocenters. The standard InChI is InChI=1S/C27H25F2N7O2/c1-15-21(27(38)32-13-19-8-17(4-5-22(19)28)20(11-30)12-31-3)9-18(10-23(15)29)24-6-7-26-34-25(33-16(2)37)14-36(26)35-24/h4-12,14H,13,30H2,1-3H3,(H,32,38)(H,33,37)/b20-11+,31-12?. The highest BCUT2D eigenvalue weighted by Gasteiger charge is 2.17. The number of carbonyl (C=O) groups excluding carboxylic acids is 2. The van der Waals surface area contributed by atoms with Crippen molar-refractivity contribution < 1.29 is 18.4 Å². The Morgan fingerprint density at radius 2 is 1.92 bits per heavy atom. The van der Waals surface area contributed by atoms with Crippen molar-refractivity contribution in [2.75, 3.05) is 12.4 Å². The Bertz CT molecular complexity index is 1610. The van der Waals surface area contributed by atoms with Crippen molar-refractivity contribution in [2.45, 2.75) is 20.4 Å². The van der Waals surface area contributed by atoms with Crippen LogP contribution in [0.25, 0.3) is 22.5 Å². The monoisotopic (exact) mass is 517 g/mol. The molecule has 2 heterocycles. The van der Waals surface area contributed by atoms with Gasteiger partial charge in [-0.2, -0.15) is 5.10 Å². The number of nitrogens with zero attached hydrogens (tertiary/aromatic N) is 4. The van der Waals surface area contributed by atoms with Gasteiger partial charge in [-0.15, -0.1) is 0 Å². The number of hydrogen-bond acceptors (Lipinski definition) is 6. The van der Waals surface area contributed by atoms with Gasteiger partial charge in [0.15, 0.2) is 11.5 Å². The molecule has 4 N–H and O–H groups in total. The lowest BCUT2D eigenvalue weighted by atomic mass is 10.0. The molecule has 9 nitrogen and oxygen atoms in total. The Morgan fingerprint density at radius 1 is 1.13 bits per heavy atom. The second-order valence-electron chi connectivity index (χ2n) is 8.46. The highest BCUT2D eigenvalue weighted by atomic mass is 19.1. The number of fused-ring (bicyclic) bond motifs is 1. The van der Waals surface area contributed by atoms with Crippen LogP contribution in [0.4, 0.5) is 14.6 Å². The normalized spacial score (nSPS) is 11.8. The van der Waals surface area contributed by atoms with Crippen molar-refractivity contribution in [2.24, 2.45) is 10.7 Å². The van der Waals surface area contributed by atoms with E-state index in [1.807, 2.05) is 0 Å². The van der Waals surface area contributed by atoms with Gasteiger partial charge in [-0.3, -0.25) is 14.6 Å². The first-order chi connectivity index (χ1) is 18.2. The minimum Gasteiger partial charge on any atom is -0.404 e. The smallest absolute Gasteiger partial charge is 0.251 e. The summed E-state index contributed by atoms with van der Waals surface area (Å²) < 4.78 is 30.8. The number of hydrogen-bond donors (Lipinski definition) is 3. The number of rotatable bonds is 7. The van der Waals surface area contributed by atoms with Crippen LogP contribution < -0.4 is 16.4 Å². The Hall–Kier alpha value is -4.93. The lowest BCUT2D eigenvalue weighted by Crippen LogP contribution is -2.24. The highest BCUT2D eigenvalue weighted by Crippen LogP contribution is 2.25. The van der Waals surface area contributed by atoms with Crippen molar-refractivity contribution >= 4 is 35.1 Å². The van der Waals surface area contributed by atoms with Gasteiger partial charge >= 0.3 is 0 Å². The van der Waals surface area contributed by atoms with E-state index < -0.39 is 17.5 Å². The molecular weight excluding hydrogens is 492 g/mol. The molecule has 0 bridgehead atoms. The zero-order valence-electron chi connectivity index (χ0n) is 20.9. The van der Waals surface area contributed by atoms with E-state index in [1.54, 1.807) is 37.5 Å². The molecule has 2 aromatic heterocycles. The van der Waals surface area contributed by atoms with Crippen LogP contribution in [0.1, 0.15) is 34.0 Å². The largest absolute Gasteiger partial charge is 0.404 e. The fourth-order valence-electron chi connectivity index (χ4n) is 3.85. The number of anilines is 1. The predicted molar refractivity (Wildman–Crippen MR) is 142 cm³/mol. The molecule has 11 heteroatoms. The molecule has 194 valence electrons. The lowest BCUT2D eigenvalue weighted by molar-refractivity contribution is -0.114. The molecule has 0 aliphatic rings. The number of aromatic nitrogens is 3. The molecule has 0 aliphatic carbocycles. The number of allylic oxidation sites excluding steroid dienone is 1. The summed E-state index contributed by atoms with van der Waals surface area (Å²) in [6.45, 7) is 2.73. The molecule has 4 aromatic rings. The quantitative estimate of drug-likeness (QED) is 0.321. The van der Waals surface area contributed by atoms with Crippen LogP contribution >= 0.6 is 0 Å². The lowest BCUT2D eigenvalue weighted by Gasteiger charge is -2.12. The Labute approximate surface area is 217 Å². The van der Waals surface area contributed by atoms with E-state index in [0.29, 0.717) is 33.9 Å². The van der Waals surface area contributed by atoms with Crippen molar-refractivity contribution in [3.05, 3.63) is 88.7 Å². The van der Waals surface area contributed by atoms with Gasteiger partial charge in [-0.25, -0.2) is 18.3 Å². The fraction of sp³-hybridized carbons (Fsp3) is 0.148. The van der Waals surface area contributed by atoms with Gasteiger partial charge in [-0.05, 0) is 54.4 Å². The second-order valence-corrected chi connectivity index (χ2v) is 8.46. The number of amides is 2. The number of carbonyl (C=O) groups is 2. The second kappa shape index (κ2) is 11.0. The molecule has 38 heavy (non-hydrogen) atoms. The van der Waals surface area contributed by atoms with Gasteiger partial charge in [0, 0.05) is 55.2 Å². The minimum atomic E-state index is -0.594. The van der Waals surface area contributed by atoms with Gasteiger partial charge in [0.05, 0.1) is 11.9 Å². The molecule has 0 radical (unpaired) electrons. The fourth-order valence-corrected chi connectivity index (χ4v) is 3.85. The van der Waals surface area contributed by atoms with Crippen molar-refractivity contribution in [1.29, 1.82) is 0 Å². The molecule has 0 spiro atoms. The summed E-state index contributed by atoms with van der Waals surface area (Å²) in [5.41, 5.74) is 8.56. The van der Waals surface area contributed by atoms with Gasteiger partial charge in [-0.1, -0.05) is 6.07 Å². The SMILES string of the molecule is CN=C/C(=C\N)c1ccc(F)c(CNC(=O)c2cc(-c3ccc4nc(NC(C)=O)cn4n3)cc(F)c2C)c1. The molecule has 0 saturated heterocycles. The van der Waals surface area contributed by atoms with Gasteiger partial charge in [0.25, 0.3) is 5.91 Å². The third-order valence-corrected chi connectivity index (χ3v) is 5.78. The summed E-state index contributed by atoms with van der Waals surface area (Å²) in [6.07, 6.45) is 4.43. The summed E-state index contributed by atoms with van der Waals surface area (Å²) in [7, 11) is 1.59. The van der Waals surface area contributed by atoms with E-state index in [1.165, 1.54) is 49.0 Å². The van der Waals surface area contributed by atoms with E-state index in [0.717, 1.165) is 0 Å². The van der Waals surface area contributed by atoms with E-state index in [-0.39, 0.29) is 29.1 Å². The minimum absolute atomic E-state index is 0.0867. The zero-order chi connectivity index (χ0) is 27.4. The number of nitrogens with two attached hydrogens (primary N) is 1. The number of benzene rings is 2. The average molecular weight is 518 g/mol. The molecule has 4 rings (SSSR count). The first-order valence-electron chi connectivity index (χ1n) is 11.6. The molecule has 2 amide bonds. The molecule has 0 aliphatic heterocycles. The highest BCUT2D eigenvalue weighted by molar-refractivity contribution is 6.09. The zero-order valence-corrected chi connectivity index (χ0v) is 20.9. The maximum atomic E-state index is 14.9. The Kier molecular flexibility index (Phi) is 7.56. The number of nitrogens with one attached hydrogen (secondary N) is 2.